The molecule has 0 unspecified atom stereocenters. The van der Waals surface area contributed by atoms with Crippen LogP contribution in [0, 0.1) is 11.3 Å². The van der Waals surface area contributed by atoms with Gasteiger partial charge in [-0.2, -0.15) is 0 Å². The molecule has 2 saturated heterocycles. The number of carbonyl (C=O) groups excluding carboxylic acids is 1. The highest BCUT2D eigenvalue weighted by atomic mass is 16.5. The van der Waals surface area contributed by atoms with E-state index >= 15 is 0 Å². The van der Waals surface area contributed by atoms with Crippen molar-refractivity contribution in [1.29, 1.82) is 0 Å². The van der Waals surface area contributed by atoms with Gasteiger partial charge in [0.05, 0.1) is 12.7 Å². The van der Waals surface area contributed by atoms with Gasteiger partial charge in [0.1, 0.15) is 0 Å². The zero-order chi connectivity index (χ0) is 23.5. The van der Waals surface area contributed by atoms with Crippen molar-refractivity contribution in [2.75, 3.05) is 39.3 Å². The third-order valence-electron chi connectivity index (χ3n) is 7.87. The number of hydrogen-bond acceptors (Lipinski definition) is 6. The maximum atomic E-state index is 12.6. The van der Waals surface area contributed by atoms with Crippen LogP contribution < -0.4 is 4.74 Å². The number of likely N-dealkylation sites (tertiary alicyclic amines) is 2. The summed E-state index contributed by atoms with van der Waals surface area (Å²) < 4.78 is 5.91. The van der Waals surface area contributed by atoms with Crippen LogP contribution >= 0.6 is 0 Å². The molecule has 1 N–H and O–H groups in total. The van der Waals surface area contributed by atoms with E-state index in [1.54, 1.807) is 17.3 Å². The topological polar surface area (TPSA) is 78.8 Å². The Morgan fingerprint density at radius 2 is 1.76 bits per heavy atom. The molecule has 0 bridgehead atoms. The lowest BCUT2D eigenvalue weighted by Gasteiger charge is -2.44. The third-order valence-corrected chi connectivity index (χ3v) is 7.87. The number of nitrogens with zero attached hydrogens (tertiary/aromatic N) is 4. The molecule has 7 nitrogen and oxygen atoms in total. The van der Waals surface area contributed by atoms with Crippen molar-refractivity contribution in [3.8, 4) is 17.1 Å². The van der Waals surface area contributed by atoms with E-state index in [4.69, 9.17) is 4.74 Å². The highest BCUT2D eigenvalue weighted by Gasteiger charge is 2.34. The quantitative estimate of drug-likeness (QED) is 0.674. The largest absolute Gasteiger partial charge is 0.463 e. The molecular formula is C27H36N4O3. The average Bonchev–Trinajstić information content (AvgIpc) is 3.29. The summed E-state index contributed by atoms with van der Waals surface area (Å²) in [6.45, 7) is 7.71. The summed E-state index contributed by atoms with van der Waals surface area (Å²) in [7, 11) is 0. The number of amides is 1. The first-order valence-corrected chi connectivity index (χ1v) is 12.7. The highest BCUT2D eigenvalue weighted by molar-refractivity contribution is 5.94. The molecule has 1 aliphatic carbocycles. The molecule has 34 heavy (non-hydrogen) atoms. The minimum absolute atomic E-state index is 0.0360. The van der Waals surface area contributed by atoms with Crippen molar-refractivity contribution in [3.05, 3.63) is 42.2 Å². The van der Waals surface area contributed by atoms with E-state index in [1.807, 2.05) is 24.3 Å². The Labute approximate surface area is 202 Å². The van der Waals surface area contributed by atoms with Crippen LogP contribution in [0.15, 0.2) is 36.7 Å². The van der Waals surface area contributed by atoms with E-state index in [1.165, 1.54) is 51.7 Å². The predicted octanol–water partition coefficient (Wildman–Crippen LogP) is 3.63. The number of piperidine rings is 1. The number of β-amino-alcohol motifs (C(OH)–C–C–N with tert-alkyl or cyclic N) is 1. The van der Waals surface area contributed by atoms with Gasteiger partial charge in [-0.15, -0.1) is 0 Å². The SMILES string of the molecule is CC1(CN2CCC(COc3ncc(-c4ccc(C(=O)N5CC[C@H](O)C5)cc4)cn3)CC2)CCC1. The summed E-state index contributed by atoms with van der Waals surface area (Å²) in [5.41, 5.74) is 3.04. The second-order valence-electron chi connectivity index (χ2n) is 10.7. The van der Waals surface area contributed by atoms with Crippen LogP contribution in [0.1, 0.15) is 55.8 Å². The van der Waals surface area contributed by atoms with Crippen molar-refractivity contribution < 1.29 is 14.6 Å². The summed E-state index contributed by atoms with van der Waals surface area (Å²) in [4.78, 5) is 25.7. The number of hydrogen-bond donors (Lipinski definition) is 1. The van der Waals surface area contributed by atoms with Crippen LogP contribution in [-0.2, 0) is 0 Å². The number of aromatic nitrogens is 2. The molecule has 1 amide bonds. The summed E-state index contributed by atoms with van der Waals surface area (Å²) in [6.07, 6.45) is 10.3. The molecule has 3 heterocycles. The molecule has 1 aromatic heterocycles. The van der Waals surface area contributed by atoms with Crippen molar-refractivity contribution in [2.24, 2.45) is 11.3 Å². The van der Waals surface area contributed by atoms with Crippen molar-refractivity contribution in [3.63, 3.8) is 0 Å². The minimum atomic E-state index is -0.408. The van der Waals surface area contributed by atoms with Crippen LogP contribution in [0.2, 0.25) is 0 Å². The number of rotatable bonds is 7. The van der Waals surface area contributed by atoms with Gasteiger partial charge in [0, 0.05) is 43.2 Å². The Balaban J connectivity index is 1.09. The number of aliphatic hydroxyl groups is 1. The maximum absolute atomic E-state index is 12.6. The smallest absolute Gasteiger partial charge is 0.316 e. The molecule has 2 aliphatic heterocycles. The molecule has 1 saturated carbocycles. The zero-order valence-electron chi connectivity index (χ0n) is 20.2. The Bertz CT molecular complexity index is 966. The van der Waals surface area contributed by atoms with E-state index in [0.717, 1.165) is 11.1 Å². The summed E-state index contributed by atoms with van der Waals surface area (Å²) in [6, 6.07) is 7.90. The van der Waals surface area contributed by atoms with Gasteiger partial charge in [0.15, 0.2) is 0 Å². The van der Waals surface area contributed by atoms with Crippen molar-refractivity contribution in [2.45, 2.75) is 51.6 Å². The fourth-order valence-electron chi connectivity index (χ4n) is 5.44. The molecule has 0 spiro atoms. The molecular weight excluding hydrogens is 428 g/mol. The van der Waals surface area contributed by atoms with Gasteiger partial charge in [0.25, 0.3) is 5.91 Å². The zero-order valence-corrected chi connectivity index (χ0v) is 20.2. The van der Waals surface area contributed by atoms with Gasteiger partial charge in [-0.25, -0.2) is 9.97 Å². The van der Waals surface area contributed by atoms with Gasteiger partial charge < -0.3 is 19.6 Å². The van der Waals surface area contributed by atoms with E-state index < -0.39 is 6.10 Å². The number of ether oxygens (including phenoxy) is 1. The molecule has 182 valence electrons. The predicted molar refractivity (Wildman–Crippen MR) is 131 cm³/mol. The second-order valence-corrected chi connectivity index (χ2v) is 10.7. The Morgan fingerprint density at radius 3 is 2.35 bits per heavy atom. The van der Waals surface area contributed by atoms with E-state index in [0.29, 0.717) is 49.0 Å². The third kappa shape index (κ3) is 5.41. The molecule has 3 fully saturated rings. The number of benzene rings is 1. The number of carbonyl (C=O) groups is 1. The molecule has 3 aliphatic rings. The normalized spacial score (nSPS) is 23.0. The fourth-order valence-corrected chi connectivity index (χ4v) is 5.44. The van der Waals surface area contributed by atoms with Crippen LogP contribution in [0.3, 0.4) is 0 Å². The van der Waals surface area contributed by atoms with Crippen LogP contribution in [0.4, 0.5) is 0 Å². The monoisotopic (exact) mass is 464 g/mol. The van der Waals surface area contributed by atoms with E-state index in [2.05, 4.69) is 21.8 Å². The van der Waals surface area contributed by atoms with Crippen LogP contribution in [0.25, 0.3) is 11.1 Å². The van der Waals surface area contributed by atoms with Gasteiger partial charge in [-0.05, 0) is 74.2 Å². The van der Waals surface area contributed by atoms with Crippen LogP contribution in [0.5, 0.6) is 6.01 Å². The summed E-state index contributed by atoms with van der Waals surface area (Å²) in [5.74, 6) is 0.529. The molecule has 1 atom stereocenters. The van der Waals surface area contributed by atoms with Gasteiger partial charge in [-0.3, -0.25) is 4.79 Å². The first-order valence-electron chi connectivity index (χ1n) is 12.7. The minimum Gasteiger partial charge on any atom is -0.463 e. The molecule has 7 heteroatoms. The van der Waals surface area contributed by atoms with Crippen molar-refractivity contribution in [1.82, 2.24) is 19.8 Å². The van der Waals surface area contributed by atoms with Gasteiger partial charge in [0.2, 0.25) is 0 Å². The van der Waals surface area contributed by atoms with Gasteiger partial charge >= 0.3 is 6.01 Å². The van der Waals surface area contributed by atoms with E-state index in [9.17, 15) is 9.90 Å². The summed E-state index contributed by atoms with van der Waals surface area (Å²) in [5, 5.41) is 9.66. The molecule has 0 radical (unpaired) electrons. The average molecular weight is 465 g/mol. The molecule has 1 aromatic carbocycles. The fraction of sp³-hybridized carbons (Fsp3) is 0.593. The second kappa shape index (κ2) is 10.0. The Kier molecular flexibility index (Phi) is 6.84. The standard InChI is InChI=1S/C27H36N4O3/c1-27(10-2-11-27)19-30-12-7-20(8-13-30)18-34-26-28-15-23(16-29-26)21-3-5-22(6-4-21)25(33)31-14-9-24(32)17-31/h3-6,15-16,20,24,32H,2,7-14,17-19H2,1H3/t24-/m0/s1. The van der Waals surface area contributed by atoms with Crippen LogP contribution in [-0.4, -0.2) is 76.2 Å². The van der Waals surface area contributed by atoms with Crippen molar-refractivity contribution >= 4 is 5.91 Å². The first kappa shape index (κ1) is 23.2. The lowest BCUT2D eigenvalue weighted by atomic mass is 9.70. The Hall–Kier alpha value is -2.51. The first-order chi connectivity index (χ1) is 16.5. The highest BCUT2D eigenvalue weighted by Crippen LogP contribution is 2.41. The van der Waals surface area contributed by atoms with E-state index in [-0.39, 0.29) is 5.91 Å². The lowest BCUT2D eigenvalue weighted by Crippen LogP contribution is -2.44. The molecule has 5 rings (SSSR count). The molecule has 2 aromatic rings. The lowest BCUT2D eigenvalue weighted by molar-refractivity contribution is 0.0557. The van der Waals surface area contributed by atoms with Gasteiger partial charge in [-0.1, -0.05) is 25.5 Å². The summed E-state index contributed by atoms with van der Waals surface area (Å²) >= 11 is 0. The Morgan fingerprint density at radius 1 is 1.06 bits per heavy atom. The number of aliphatic hydroxyl groups excluding tert-OH is 1. The maximum Gasteiger partial charge on any atom is 0.316 e.